The van der Waals surface area contributed by atoms with Crippen molar-refractivity contribution in [3.63, 3.8) is 0 Å². The van der Waals surface area contributed by atoms with Gasteiger partial charge in [0.2, 0.25) is 5.90 Å². The quantitative estimate of drug-likeness (QED) is 0.639. The molecule has 0 bridgehead atoms. The second-order valence-corrected chi connectivity index (χ2v) is 7.42. The second-order valence-electron chi connectivity index (χ2n) is 6.51. The summed E-state index contributed by atoms with van der Waals surface area (Å²) in [7, 11) is 0. The van der Waals surface area contributed by atoms with Crippen molar-refractivity contribution in [3.8, 4) is 11.5 Å². The Bertz CT molecular complexity index is 1180. The fourth-order valence-corrected chi connectivity index (χ4v) is 3.87. The number of nitrogens with zero attached hydrogens (tertiary/aromatic N) is 2. The molecule has 1 N–H and O–H groups in total. The minimum absolute atomic E-state index is 0.00903. The summed E-state index contributed by atoms with van der Waals surface area (Å²) in [5.74, 6) is 0.349. The zero-order valence-corrected chi connectivity index (χ0v) is 15.6. The first-order valence-electron chi connectivity index (χ1n) is 8.48. The highest BCUT2D eigenvalue weighted by molar-refractivity contribution is 9.10. The van der Waals surface area contributed by atoms with Crippen molar-refractivity contribution in [1.82, 2.24) is 0 Å². The zero-order chi connectivity index (χ0) is 18.5. The van der Waals surface area contributed by atoms with Crippen molar-refractivity contribution >= 4 is 44.3 Å². The number of phenols is 1. The van der Waals surface area contributed by atoms with Gasteiger partial charge in [0.1, 0.15) is 17.4 Å². The molecule has 6 heteroatoms. The summed E-state index contributed by atoms with van der Waals surface area (Å²) in [5, 5.41) is 12.3. The summed E-state index contributed by atoms with van der Waals surface area (Å²) in [4.78, 5) is 21.3. The summed E-state index contributed by atoms with van der Waals surface area (Å²) in [5.41, 5.74) is 1.38. The molecule has 0 saturated heterocycles. The van der Waals surface area contributed by atoms with Crippen LogP contribution in [0.2, 0.25) is 0 Å². The lowest BCUT2D eigenvalue weighted by atomic mass is 9.90. The van der Waals surface area contributed by atoms with Gasteiger partial charge in [-0.25, -0.2) is 0 Å². The smallest absolute Gasteiger partial charge is 0.260 e. The number of fused-ring (bicyclic) bond motifs is 4. The third-order valence-electron chi connectivity index (χ3n) is 4.85. The van der Waals surface area contributed by atoms with E-state index in [1.807, 2.05) is 36.4 Å². The fourth-order valence-electron chi connectivity index (χ4n) is 3.51. The average Bonchev–Trinajstić information content (AvgIpc) is 2.68. The minimum atomic E-state index is -0.540. The highest BCUT2D eigenvalue weighted by atomic mass is 79.9. The van der Waals surface area contributed by atoms with E-state index < -0.39 is 5.92 Å². The van der Waals surface area contributed by atoms with Crippen molar-refractivity contribution < 1.29 is 14.6 Å². The van der Waals surface area contributed by atoms with E-state index >= 15 is 0 Å². The Hall–Kier alpha value is -2.99. The molecule has 3 aromatic carbocycles. The number of aromatic hydroxyl groups is 1. The summed E-state index contributed by atoms with van der Waals surface area (Å²) < 4.78 is 6.75. The van der Waals surface area contributed by atoms with E-state index in [0.29, 0.717) is 23.6 Å². The zero-order valence-electron chi connectivity index (χ0n) is 14.0. The Kier molecular flexibility index (Phi) is 3.62. The Labute approximate surface area is 163 Å². The van der Waals surface area contributed by atoms with Gasteiger partial charge in [-0.3, -0.25) is 4.79 Å². The molecule has 0 aromatic heterocycles. The third kappa shape index (κ3) is 2.64. The van der Waals surface area contributed by atoms with E-state index in [4.69, 9.17) is 4.74 Å². The van der Waals surface area contributed by atoms with Gasteiger partial charge in [-0.15, -0.1) is 0 Å². The van der Waals surface area contributed by atoms with Crippen molar-refractivity contribution in [2.45, 2.75) is 6.42 Å². The molecule has 2 aliphatic rings. The summed E-state index contributed by atoms with van der Waals surface area (Å²) in [6.07, 6.45) is 0.496. The van der Waals surface area contributed by atoms with Crippen LogP contribution in [-0.4, -0.2) is 22.7 Å². The lowest BCUT2D eigenvalue weighted by molar-refractivity contribution is -0.120. The van der Waals surface area contributed by atoms with Gasteiger partial charge in [-0.05, 0) is 41.5 Å². The van der Waals surface area contributed by atoms with Crippen molar-refractivity contribution in [2.24, 2.45) is 15.9 Å². The normalized spacial score (nSPS) is 18.3. The first-order valence-corrected chi connectivity index (χ1v) is 9.28. The molecule has 3 aromatic rings. The summed E-state index contributed by atoms with van der Waals surface area (Å²) in [6.45, 7) is 0. The number of halogens is 1. The number of benzene rings is 3. The van der Waals surface area contributed by atoms with Crippen molar-refractivity contribution in [1.29, 1.82) is 0 Å². The van der Waals surface area contributed by atoms with E-state index in [2.05, 4.69) is 25.9 Å². The summed E-state index contributed by atoms with van der Waals surface area (Å²) >= 11 is 3.36. The molecule has 5 rings (SSSR count). The molecule has 2 aliphatic heterocycles. The monoisotopic (exact) mass is 420 g/mol. The minimum Gasteiger partial charge on any atom is -0.507 e. The first kappa shape index (κ1) is 16.2. The third-order valence-corrected chi connectivity index (χ3v) is 5.34. The number of hydrogen-bond donors (Lipinski definition) is 1. The van der Waals surface area contributed by atoms with Gasteiger partial charge in [-0.2, -0.15) is 9.98 Å². The topological polar surface area (TPSA) is 71.2 Å². The maximum absolute atomic E-state index is 12.7. The molecule has 1 amide bonds. The number of amides is 1. The lowest BCUT2D eigenvalue weighted by Crippen LogP contribution is -2.37. The Morgan fingerprint density at radius 3 is 2.81 bits per heavy atom. The maximum Gasteiger partial charge on any atom is 0.260 e. The van der Waals surface area contributed by atoms with Crippen molar-refractivity contribution in [2.75, 3.05) is 0 Å². The number of ether oxygens (including phenoxy) is 1. The van der Waals surface area contributed by atoms with Gasteiger partial charge in [0.15, 0.2) is 5.84 Å². The molecule has 0 aliphatic carbocycles. The van der Waals surface area contributed by atoms with Crippen LogP contribution in [0.1, 0.15) is 11.1 Å². The number of amidine groups is 1. The molecule has 0 fully saturated rings. The molecule has 1 atom stereocenters. The highest BCUT2D eigenvalue weighted by Gasteiger charge is 2.37. The van der Waals surface area contributed by atoms with Crippen LogP contribution in [0.15, 0.2) is 69.1 Å². The molecule has 5 nitrogen and oxygen atoms in total. The highest BCUT2D eigenvalue weighted by Crippen LogP contribution is 2.36. The average molecular weight is 421 g/mol. The van der Waals surface area contributed by atoms with E-state index in [1.165, 1.54) is 6.07 Å². The van der Waals surface area contributed by atoms with Crippen LogP contribution in [0.3, 0.4) is 0 Å². The van der Waals surface area contributed by atoms with Gasteiger partial charge >= 0.3 is 0 Å². The van der Waals surface area contributed by atoms with Gasteiger partial charge in [0, 0.05) is 10.0 Å². The number of carbonyl (C=O) groups excluding carboxylic acids is 1. The van der Waals surface area contributed by atoms with Crippen LogP contribution in [0.25, 0.3) is 10.8 Å². The standard InChI is InChI=1S/C21H13BrN2O3/c22-12-6-7-17(25)15(9-12)19-23-20(26)16-10-14-13-4-2-1-3-11(13)5-8-18(14)27-21(16)24-19/h1-9,16,25H,10H2. The van der Waals surface area contributed by atoms with E-state index in [9.17, 15) is 9.90 Å². The van der Waals surface area contributed by atoms with Crippen LogP contribution < -0.4 is 4.74 Å². The number of hydrogen-bond acceptors (Lipinski definition) is 4. The second kappa shape index (κ2) is 6.03. The largest absolute Gasteiger partial charge is 0.507 e. The van der Waals surface area contributed by atoms with Gasteiger partial charge in [0.05, 0.1) is 5.56 Å². The number of aliphatic imine (C=N–C) groups is 2. The van der Waals surface area contributed by atoms with Crippen LogP contribution >= 0.6 is 15.9 Å². The molecule has 0 radical (unpaired) electrons. The summed E-state index contributed by atoms with van der Waals surface area (Å²) in [6, 6.07) is 16.8. The molecule has 1 unspecified atom stereocenters. The van der Waals surface area contributed by atoms with Crippen LogP contribution in [0.5, 0.6) is 11.5 Å². The molecule has 0 spiro atoms. The van der Waals surface area contributed by atoms with E-state index in [1.54, 1.807) is 12.1 Å². The lowest BCUT2D eigenvalue weighted by Gasteiger charge is -2.27. The molecular weight excluding hydrogens is 408 g/mol. The van der Waals surface area contributed by atoms with Gasteiger partial charge in [0.25, 0.3) is 5.91 Å². The fraction of sp³-hybridized carbons (Fsp3) is 0.0952. The molecule has 132 valence electrons. The number of rotatable bonds is 1. The predicted molar refractivity (Wildman–Crippen MR) is 107 cm³/mol. The Morgan fingerprint density at radius 2 is 1.93 bits per heavy atom. The van der Waals surface area contributed by atoms with Crippen LogP contribution in [0, 0.1) is 5.92 Å². The number of carbonyl (C=O) groups is 1. The predicted octanol–water partition coefficient (Wildman–Crippen LogP) is 4.24. The number of phenolic OH excluding ortho intramolecular Hbond substituents is 1. The Balaban J connectivity index is 1.60. The van der Waals surface area contributed by atoms with Gasteiger partial charge in [-0.1, -0.05) is 46.3 Å². The molecule has 0 saturated carbocycles. The Morgan fingerprint density at radius 1 is 1.07 bits per heavy atom. The molecular formula is C21H13BrN2O3. The molecule has 27 heavy (non-hydrogen) atoms. The van der Waals surface area contributed by atoms with E-state index in [-0.39, 0.29) is 17.5 Å². The van der Waals surface area contributed by atoms with E-state index in [0.717, 1.165) is 20.8 Å². The van der Waals surface area contributed by atoms with Gasteiger partial charge < -0.3 is 9.84 Å². The molecule has 2 heterocycles. The van der Waals surface area contributed by atoms with Crippen molar-refractivity contribution in [3.05, 3.63) is 70.2 Å². The SMILES string of the molecule is O=C1N=C(c2cc(Br)ccc2O)N=C2Oc3ccc4ccccc4c3CC12. The maximum atomic E-state index is 12.7. The van der Waals surface area contributed by atoms with Crippen LogP contribution in [0.4, 0.5) is 0 Å². The van der Waals surface area contributed by atoms with Crippen LogP contribution in [-0.2, 0) is 11.2 Å². The first-order chi connectivity index (χ1) is 13.1.